The van der Waals surface area contributed by atoms with Crippen molar-refractivity contribution in [1.82, 2.24) is 10.6 Å². The molecule has 2 aromatic rings. The van der Waals surface area contributed by atoms with E-state index in [9.17, 15) is 4.79 Å². The molecule has 2 amide bonds. The molecule has 7 heteroatoms. The lowest BCUT2D eigenvalue weighted by Crippen LogP contribution is -2.36. The maximum absolute atomic E-state index is 11.9. The Kier molecular flexibility index (Phi) is 7.41. The SMILES string of the molecule is COc1cc(CCNC(=O)NCc2ccccc2Cl)cc(OC)c1OC. The summed E-state index contributed by atoms with van der Waals surface area (Å²) in [6, 6.07) is 10.9. The number of hydrogen-bond donors (Lipinski definition) is 2. The van der Waals surface area contributed by atoms with E-state index in [0.717, 1.165) is 11.1 Å². The molecule has 2 rings (SSSR count). The highest BCUT2D eigenvalue weighted by Gasteiger charge is 2.13. The van der Waals surface area contributed by atoms with Crippen LogP contribution in [0.2, 0.25) is 5.02 Å². The van der Waals surface area contributed by atoms with Gasteiger partial charge in [0.2, 0.25) is 5.75 Å². The molecule has 0 saturated carbocycles. The Balaban J connectivity index is 1.87. The molecule has 0 aliphatic carbocycles. The Morgan fingerprint density at radius 2 is 1.65 bits per heavy atom. The molecule has 0 atom stereocenters. The molecule has 2 aromatic carbocycles. The van der Waals surface area contributed by atoms with Gasteiger partial charge in [-0.2, -0.15) is 0 Å². The summed E-state index contributed by atoms with van der Waals surface area (Å²) in [5.41, 5.74) is 1.83. The predicted octanol–water partition coefficient (Wildman–Crippen LogP) is 3.41. The summed E-state index contributed by atoms with van der Waals surface area (Å²) < 4.78 is 16.0. The number of rotatable bonds is 8. The Hall–Kier alpha value is -2.60. The number of benzene rings is 2. The van der Waals surface area contributed by atoms with Crippen LogP contribution in [0.3, 0.4) is 0 Å². The van der Waals surface area contributed by atoms with Gasteiger partial charge in [-0.1, -0.05) is 29.8 Å². The zero-order chi connectivity index (χ0) is 18.9. The molecule has 0 bridgehead atoms. The van der Waals surface area contributed by atoms with E-state index in [1.165, 1.54) is 0 Å². The summed E-state index contributed by atoms with van der Waals surface area (Å²) in [7, 11) is 4.70. The maximum atomic E-state index is 11.9. The van der Waals surface area contributed by atoms with Crippen LogP contribution >= 0.6 is 11.6 Å². The van der Waals surface area contributed by atoms with E-state index in [2.05, 4.69) is 10.6 Å². The molecule has 0 unspecified atom stereocenters. The Morgan fingerprint density at radius 3 is 2.23 bits per heavy atom. The lowest BCUT2D eigenvalue weighted by atomic mass is 10.1. The third-order valence-electron chi connectivity index (χ3n) is 3.82. The average Bonchev–Trinajstić information content (AvgIpc) is 2.66. The van der Waals surface area contributed by atoms with E-state index in [4.69, 9.17) is 25.8 Å². The number of urea groups is 1. The third-order valence-corrected chi connectivity index (χ3v) is 4.19. The van der Waals surface area contributed by atoms with Crippen molar-refractivity contribution in [2.75, 3.05) is 27.9 Å². The molecule has 0 heterocycles. The second-order valence-corrected chi connectivity index (χ2v) is 5.89. The number of halogens is 1. The molecule has 0 fully saturated rings. The Bertz CT molecular complexity index is 727. The van der Waals surface area contributed by atoms with E-state index in [1.807, 2.05) is 30.3 Å². The van der Waals surface area contributed by atoms with Crippen LogP contribution in [0, 0.1) is 0 Å². The first-order valence-electron chi connectivity index (χ1n) is 8.13. The number of amides is 2. The zero-order valence-corrected chi connectivity index (χ0v) is 15.9. The van der Waals surface area contributed by atoms with E-state index in [0.29, 0.717) is 41.8 Å². The molecular formula is C19H23ClN2O4. The van der Waals surface area contributed by atoms with Crippen molar-refractivity contribution in [2.45, 2.75) is 13.0 Å². The first-order valence-corrected chi connectivity index (χ1v) is 8.50. The van der Waals surface area contributed by atoms with Gasteiger partial charge >= 0.3 is 6.03 Å². The number of nitrogens with one attached hydrogen (secondary N) is 2. The van der Waals surface area contributed by atoms with Crippen LogP contribution < -0.4 is 24.8 Å². The highest BCUT2D eigenvalue weighted by atomic mass is 35.5. The molecule has 2 N–H and O–H groups in total. The van der Waals surface area contributed by atoms with Crippen LogP contribution in [0.5, 0.6) is 17.2 Å². The van der Waals surface area contributed by atoms with Crippen LogP contribution in [0.4, 0.5) is 4.79 Å². The molecule has 0 aliphatic heterocycles. The van der Waals surface area contributed by atoms with Crippen molar-refractivity contribution in [3.8, 4) is 17.2 Å². The standard InChI is InChI=1S/C19H23ClN2O4/c1-24-16-10-13(11-17(25-2)18(16)26-3)8-9-21-19(23)22-12-14-6-4-5-7-15(14)20/h4-7,10-11H,8-9,12H2,1-3H3,(H2,21,22,23). The van der Waals surface area contributed by atoms with Gasteiger partial charge in [0, 0.05) is 18.1 Å². The summed E-state index contributed by atoms with van der Waals surface area (Å²) >= 11 is 6.07. The van der Waals surface area contributed by atoms with E-state index < -0.39 is 0 Å². The maximum Gasteiger partial charge on any atom is 0.315 e. The minimum absolute atomic E-state index is 0.252. The molecule has 0 aliphatic rings. The van der Waals surface area contributed by atoms with Crippen molar-refractivity contribution in [2.24, 2.45) is 0 Å². The Labute approximate surface area is 158 Å². The quantitative estimate of drug-likeness (QED) is 0.738. The lowest BCUT2D eigenvalue weighted by Gasteiger charge is -2.14. The molecule has 0 spiro atoms. The summed E-state index contributed by atoms with van der Waals surface area (Å²) in [6.45, 7) is 0.836. The van der Waals surface area contributed by atoms with E-state index in [-0.39, 0.29) is 6.03 Å². The van der Waals surface area contributed by atoms with Gasteiger partial charge < -0.3 is 24.8 Å². The first kappa shape index (κ1) is 19.7. The fraction of sp³-hybridized carbons (Fsp3) is 0.316. The monoisotopic (exact) mass is 378 g/mol. The molecule has 140 valence electrons. The van der Waals surface area contributed by atoms with Crippen LogP contribution in [-0.2, 0) is 13.0 Å². The van der Waals surface area contributed by atoms with Gasteiger partial charge in [-0.3, -0.25) is 0 Å². The van der Waals surface area contributed by atoms with Crippen LogP contribution in [0.15, 0.2) is 36.4 Å². The summed E-state index contributed by atoms with van der Waals surface area (Å²) in [5.74, 6) is 1.72. The smallest absolute Gasteiger partial charge is 0.315 e. The zero-order valence-electron chi connectivity index (χ0n) is 15.1. The van der Waals surface area contributed by atoms with Gasteiger partial charge in [0.05, 0.1) is 21.3 Å². The summed E-state index contributed by atoms with van der Waals surface area (Å²) in [6.07, 6.45) is 0.621. The average molecular weight is 379 g/mol. The van der Waals surface area contributed by atoms with Crippen molar-refractivity contribution in [3.05, 3.63) is 52.5 Å². The second kappa shape index (κ2) is 9.77. The summed E-state index contributed by atoms with van der Waals surface area (Å²) in [4.78, 5) is 11.9. The highest BCUT2D eigenvalue weighted by molar-refractivity contribution is 6.31. The first-order chi connectivity index (χ1) is 12.6. The molecule has 26 heavy (non-hydrogen) atoms. The second-order valence-electron chi connectivity index (χ2n) is 5.48. The predicted molar refractivity (Wildman–Crippen MR) is 101 cm³/mol. The topological polar surface area (TPSA) is 68.8 Å². The molecular weight excluding hydrogens is 356 g/mol. The molecule has 0 aromatic heterocycles. The van der Waals surface area contributed by atoms with Crippen LogP contribution in [-0.4, -0.2) is 33.9 Å². The van der Waals surface area contributed by atoms with Gasteiger partial charge in [0.1, 0.15) is 0 Å². The van der Waals surface area contributed by atoms with Crippen molar-refractivity contribution >= 4 is 17.6 Å². The van der Waals surface area contributed by atoms with Crippen molar-refractivity contribution < 1.29 is 19.0 Å². The lowest BCUT2D eigenvalue weighted by molar-refractivity contribution is 0.240. The highest BCUT2D eigenvalue weighted by Crippen LogP contribution is 2.38. The largest absolute Gasteiger partial charge is 0.493 e. The molecule has 0 saturated heterocycles. The van der Waals surface area contributed by atoms with Crippen LogP contribution in [0.1, 0.15) is 11.1 Å². The van der Waals surface area contributed by atoms with Gasteiger partial charge in [-0.05, 0) is 35.7 Å². The van der Waals surface area contributed by atoms with E-state index >= 15 is 0 Å². The summed E-state index contributed by atoms with van der Waals surface area (Å²) in [5, 5.41) is 6.23. The fourth-order valence-electron chi connectivity index (χ4n) is 2.48. The normalized spacial score (nSPS) is 10.2. The minimum Gasteiger partial charge on any atom is -0.493 e. The number of hydrogen-bond acceptors (Lipinski definition) is 4. The fourth-order valence-corrected chi connectivity index (χ4v) is 2.68. The van der Waals surface area contributed by atoms with Gasteiger partial charge in [0.15, 0.2) is 11.5 Å². The van der Waals surface area contributed by atoms with Gasteiger partial charge in [0.25, 0.3) is 0 Å². The van der Waals surface area contributed by atoms with Crippen LogP contribution in [0.25, 0.3) is 0 Å². The number of carbonyl (C=O) groups excluding carboxylic acids is 1. The van der Waals surface area contributed by atoms with Crippen molar-refractivity contribution in [3.63, 3.8) is 0 Å². The molecule has 0 radical (unpaired) electrons. The van der Waals surface area contributed by atoms with E-state index in [1.54, 1.807) is 27.4 Å². The number of methoxy groups -OCH3 is 3. The minimum atomic E-state index is -0.252. The third kappa shape index (κ3) is 5.20. The number of ether oxygens (including phenoxy) is 3. The molecule has 6 nitrogen and oxygen atoms in total. The number of carbonyl (C=O) groups is 1. The Morgan fingerprint density at radius 1 is 1.00 bits per heavy atom. The van der Waals surface area contributed by atoms with Gasteiger partial charge in [-0.25, -0.2) is 4.79 Å². The van der Waals surface area contributed by atoms with Gasteiger partial charge in [-0.15, -0.1) is 0 Å². The van der Waals surface area contributed by atoms with Crippen molar-refractivity contribution in [1.29, 1.82) is 0 Å².